The van der Waals surface area contributed by atoms with Crippen molar-refractivity contribution >= 4 is 27.6 Å². The number of piperidine rings is 1. The summed E-state index contributed by atoms with van der Waals surface area (Å²) in [4.78, 5) is 2.54. The number of hydrogen-bond donors (Lipinski definition) is 0. The molecule has 0 aromatic carbocycles. The van der Waals surface area contributed by atoms with Gasteiger partial charge in [0.1, 0.15) is 0 Å². The molecule has 0 amide bonds. The van der Waals surface area contributed by atoms with Crippen LogP contribution >= 0.6 is 22.4 Å². The highest BCUT2D eigenvalue weighted by molar-refractivity contribution is 14.1. The predicted molar refractivity (Wildman–Crippen MR) is 64.9 cm³/mol. The molecule has 0 bridgehead atoms. The molecular formula is C9H19BIN. The zero-order valence-corrected chi connectivity index (χ0v) is 10.6. The summed E-state index contributed by atoms with van der Waals surface area (Å²) in [6, 6.07) is 0. The van der Waals surface area contributed by atoms with Gasteiger partial charge in [0.15, 0.2) is 0 Å². The second-order valence-corrected chi connectivity index (χ2v) is 5.56. The molecule has 0 spiro atoms. The molecule has 1 rings (SSSR count). The zero-order chi connectivity index (χ0) is 9.19. The van der Waals surface area contributed by atoms with E-state index in [2.05, 4.69) is 48.0 Å². The molecule has 1 heterocycles. The van der Waals surface area contributed by atoms with Crippen LogP contribution in [0.1, 0.15) is 33.6 Å². The van der Waals surface area contributed by atoms with Crippen molar-refractivity contribution in [1.82, 2.24) is 4.81 Å². The summed E-state index contributed by atoms with van der Waals surface area (Å²) < 4.78 is 0. The van der Waals surface area contributed by atoms with Crippen LogP contribution in [0.5, 0.6) is 0 Å². The van der Waals surface area contributed by atoms with E-state index in [1.54, 1.807) is 0 Å². The number of hydrogen-bond acceptors (Lipinski definition) is 1. The van der Waals surface area contributed by atoms with E-state index in [-0.39, 0.29) is 0 Å². The third-order valence-corrected chi connectivity index (χ3v) is 3.95. The molecule has 1 fully saturated rings. The first kappa shape index (κ1) is 10.8. The fourth-order valence-electron chi connectivity index (χ4n) is 1.92. The van der Waals surface area contributed by atoms with Gasteiger partial charge in [0.05, 0.1) is 0 Å². The number of nitrogens with zero attached hydrogens (tertiary/aromatic N) is 1. The van der Waals surface area contributed by atoms with Crippen molar-refractivity contribution in [2.24, 2.45) is 11.3 Å². The summed E-state index contributed by atoms with van der Waals surface area (Å²) in [6.45, 7) is 9.74. The minimum atomic E-state index is 0.525. The zero-order valence-electron chi connectivity index (χ0n) is 8.44. The van der Waals surface area contributed by atoms with E-state index in [9.17, 15) is 0 Å². The van der Waals surface area contributed by atoms with Gasteiger partial charge in [-0.15, -0.1) is 22.4 Å². The molecule has 12 heavy (non-hydrogen) atoms. The van der Waals surface area contributed by atoms with Crippen LogP contribution in [0.4, 0.5) is 0 Å². The fourth-order valence-corrected chi connectivity index (χ4v) is 2.60. The Hall–Kier alpha value is 0.755. The maximum Gasteiger partial charge on any atom is 0.280 e. The second kappa shape index (κ2) is 4.31. The second-order valence-electron chi connectivity index (χ2n) is 4.88. The van der Waals surface area contributed by atoms with Gasteiger partial charge < -0.3 is 4.81 Å². The minimum absolute atomic E-state index is 0.525. The Morgan fingerprint density at radius 1 is 1.25 bits per heavy atom. The lowest BCUT2D eigenvalue weighted by atomic mass is 9.75. The molecule has 0 atom stereocenters. The molecule has 1 saturated heterocycles. The molecule has 0 aromatic rings. The van der Waals surface area contributed by atoms with Gasteiger partial charge >= 0.3 is 0 Å². The van der Waals surface area contributed by atoms with Crippen molar-refractivity contribution < 1.29 is 0 Å². The summed E-state index contributed by atoms with van der Waals surface area (Å²) in [5, 5.41) is 1.20. The quantitative estimate of drug-likeness (QED) is 0.526. The van der Waals surface area contributed by atoms with Crippen molar-refractivity contribution in [3.8, 4) is 0 Å². The first-order chi connectivity index (χ1) is 5.54. The van der Waals surface area contributed by atoms with Gasteiger partial charge in [-0.2, -0.15) is 0 Å². The Kier molecular flexibility index (Phi) is 3.89. The van der Waals surface area contributed by atoms with Crippen LogP contribution in [0.3, 0.4) is 0 Å². The largest absolute Gasteiger partial charge is 0.336 e. The first-order valence-corrected chi connectivity index (χ1v) is 6.35. The van der Waals surface area contributed by atoms with Gasteiger partial charge in [-0.3, -0.25) is 0 Å². The Morgan fingerprint density at radius 3 is 2.08 bits per heavy atom. The van der Waals surface area contributed by atoms with E-state index in [1.165, 1.54) is 31.2 Å². The highest BCUT2D eigenvalue weighted by Crippen LogP contribution is 2.33. The van der Waals surface area contributed by atoms with Crippen LogP contribution < -0.4 is 0 Å². The van der Waals surface area contributed by atoms with Gasteiger partial charge in [0.25, 0.3) is 5.27 Å². The number of halogens is 1. The third-order valence-electron chi connectivity index (χ3n) is 2.98. The van der Waals surface area contributed by atoms with Crippen molar-refractivity contribution in [3.63, 3.8) is 0 Å². The molecule has 0 N–H and O–H groups in total. The molecule has 1 aliphatic heterocycles. The molecule has 0 radical (unpaired) electrons. The van der Waals surface area contributed by atoms with Crippen LogP contribution in [-0.4, -0.2) is 23.2 Å². The fraction of sp³-hybridized carbons (Fsp3) is 1.00. The van der Waals surface area contributed by atoms with Crippen LogP contribution in [0.15, 0.2) is 0 Å². The van der Waals surface area contributed by atoms with Gasteiger partial charge in [-0.25, -0.2) is 0 Å². The summed E-state index contributed by atoms with van der Waals surface area (Å²) in [5.41, 5.74) is 0.525. The predicted octanol–water partition coefficient (Wildman–Crippen LogP) is 2.45. The molecule has 0 aromatic heterocycles. The lowest BCUT2D eigenvalue weighted by molar-refractivity contribution is 0.155. The maximum absolute atomic E-state index is 2.54. The SMILES string of the molecule is CC(C)(C)C1CCN(BI)CC1. The third kappa shape index (κ3) is 2.91. The Labute approximate surface area is 90.4 Å². The molecular weight excluding hydrogens is 260 g/mol. The standard InChI is InChI=1S/C9H19BIN/c1-9(2,3)8-4-6-12(10-11)7-5-8/h8,10H,4-7H2,1-3H3. The summed E-state index contributed by atoms with van der Waals surface area (Å²) in [7, 11) is 0. The molecule has 0 saturated carbocycles. The average molecular weight is 279 g/mol. The van der Waals surface area contributed by atoms with E-state index in [4.69, 9.17) is 0 Å². The topological polar surface area (TPSA) is 3.24 Å². The van der Waals surface area contributed by atoms with Gasteiger partial charge in [-0.05, 0) is 37.3 Å². The summed E-state index contributed by atoms with van der Waals surface area (Å²) in [5.74, 6) is 0.941. The van der Waals surface area contributed by atoms with Crippen LogP contribution in [0, 0.1) is 11.3 Å². The molecule has 1 aliphatic rings. The molecule has 3 heteroatoms. The normalized spacial score (nSPS) is 22.7. The summed E-state index contributed by atoms with van der Waals surface area (Å²) in [6.07, 6.45) is 2.79. The number of rotatable bonds is 1. The lowest BCUT2D eigenvalue weighted by Crippen LogP contribution is -2.38. The van der Waals surface area contributed by atoms with Crippen LogP contribution in [0.25, 0.3) is 0 Å². The summed E-state index contributed by atoms with van der Waals surface area (Å²) >= 11 is 2.46. The van der Waals surface area contributed by atoms with E-state index < -0.39 is 0 Å². The Balaban J connectivity index is 2.36. The van der Waals surface area contributed by atoms with E-state index in [0.717, 1.165) is 5.92 Å². The molecule has 70 valence electrons. The monoisotopic (exact) mass is 279 g/mol. The van der Waals surface area contributed by atoms with Gasteiger partial charge in [0.2, 0.25) is 0 Å². The molecule has 1 nitrogen and oxygen atoms in total. The van der Waals surface area contributed by atoms with Gasteiger partial charge in [0, 0.05) is 0 Å². The van der Waals surface area contributed by atoms with Crippen LogP contribution in [0.2, 0.25) is 0 Å². The van der Waals surface area contributed by atoms with Crippen molar-refractivity contribution in [3.05, 3.63) is 0 Å². The maximum atomic E-state index is 2.54. The van der Waals surface area contributed by atoms with Crippen LogP contribution in [-0.2, 0) is 0 Å². The van der Waals surface area contributed by atoms with E-state index >= 15 is 0 Å². The first-order valence-electron chi connectivity index (χ1n) is 4.82. The van der Waals surface area contributed by atoms with Gasteiger partial charge in [-0.1, -0.05) is 20.8 Å². The Bertz CT molecular complexity index is 136. The van der Waals surface area contributed by atoms with Crippen molar-refractivity contribution in [1.29, 1.82) is 0 Å². The molecule has 0 unspecified atom stereocenters. The highest BCUT2D eigenvalue weighted by Gasteiger charge is 2.28. The smallest absolute Gasteiger partial charge is 0.280 e. The average Bonchev–Trinajstić information content (AvgIpc) is 2.03. The van der Waals surface area contributed by atoms with E-state index in [1.807, 2.05) is 0 Å². The Morgan fingerprint density at radius 2 is 1.75 bits per heavy atom. The minimum Gasteiger partial charge on any atom is -0.336 e. The van der Waals surface area contributed by atoms with Crippen molar-refractivity contribution in [2.45, 2.75) is 33.6 Å². The highest BCUT2D eigenvalue weighted by atomic mass is 127. The lowest BCUT2D eigenvalue weighted by Gasteiger charge is -2.38. The van der Waals surface area contributed by atoms with E-state index in [0.29, 0.717) is 5.41 Å². The van der Waals surface area contributed by atoms with Crippen molar-refractivity contribution in [2.75, 3.05) is 13.1 Å². The molecule has 0 aliphatic carbocycles.